The van der Waals surface area contributed by atoms with Gasteiger partial charge in [0.25, 0.3) is 0 Å². The number of carbonyl (C=O) groups excluding carboxylic acids is 1. The number of nitrogens with zero attached hydrogens (tertiary/aromatic N) is 4. The van der Waals surface area contributed by atoms with Gasteiger partial charge in [-0.05, 0) is 83.3 Å². The number of sulfonamides is 1. The van der Waals surface area contributed by atoms with Crippen molar-refractivity contribution in [1.29, 1.82) is 0 Å². The Labute approximate surface area is 223 Å². The minimum Gasteiger partial charge on any atom is -0.497 e. The number of hydrogen-bond donors (Lipinski definition) is 0. The summed E-state index contributed by atoms with van der Waals surface area (Å²) >= 11 is 0. The van der Waals surface area contributed by atoms with E-state index >= 15 is 0 Å². The molecule has 0 radical (unpaired) electrons. The normalized spacial score (nSPS) is 23.1. The maximum Gasteiger partial charge on any atom is 0.248 e. The molecule has 1 aliphatic carbocycles. The SMILES string of the molecule is COc1cc(C)c(S(=O)(=O)N(C)CCOCC(=O)N(C)[C@@H]2CCC[C@H](N3CCC(N(C)C)C3)C2)c(C)c1. The third-order valence-corrected chi connectivity index (χ3v) is 10.3. The fourth-order valence-electron chi connectivity index (χ4n) is 5.71. The smallest absolute Gasteiger partial charge is 0.248 e. The van der Waals surface area contributed by atoms with Crippen molar-refractivity contribution in [3.63, 3.8) is 0 Å². The number of aryl methyl sites for hydroxylation is 2. The zero-order chi connectivity index (χ0) is 27.3. The molecule has 1 amide bonds. The third kappa shape index (κ3) is 7.23. The molecule has 0 spiro atoms. The Kier molecular flexibility index (Phi) is 10.4. The molecule has 3 atom stereocenters. The molecule has 0 bridgehead atoms. The summed E-state index contributed by atoms with van der Waals surface area (Å²) in [5, 5.41) is 0. The predicted molar refractivity (Wildman–Crippen MR) is 146 cm³/mol. The van der Waals surface area contributed by atoms with Crippen LogP contribution in [0.1, 0.15) is 43.2 Å². The largest absolute Gasteiger partial charge is 0.497 e. The quantitative estimate of drug-likeness (QED) is 0.400. The number of ether oxygens (including phenoxy) is 2. The third-order valence-electron chi connectivity index (χ3n) is 8.12. The molecule has 1 saturated carbocycles. The van der Waals surface area contributed by atoms with Gasteiger partial charge in [-0.25, -0.2) is 8.42 Å². The Bertz CT molecular complexity index is 1010. The van der Waals surface area contributed by atoms with Gasteiger partial charge in [-0.2, -0.15) is 4.31 Å². The van der Waals surface area contributed by atoms with E-state index in [1.165, 1.54) is 24.2 Å². The number of likely N-dealkylation sites (N-methyl/N-ethyl adjacent to an activating group) is 3. The number of benzene rings is 1. The molecule has 9 nitrogen and oxygen atoms in total. The molecule has 0 aromatic heterocycles. The Morgan fingerprint density at radius 1 is 1.05 bits per heavy atom. The lowest BCUT2D eigenvalue weighted by Gasteiger charge is -2.39. The fraction of sp³-hybridized carbons (Fsp3) is 0.741. The van der Waals surface area contributed by atoms with Crippen LogP contribution in [0.15, 0.2) is 17.0 Å². The highest BCUT2D eigenvalue weighted by Gasteiger charge is 2.34. The van der Waals surface area contributed by atoms with Gasteiger partial charge in [0.1, 0.15) is 12.4 Å². The molecule has 10 heteroatoms. The minimum atomic E-state index is -3.69. The van der Waals surface area contributed by atoms with E-state index in [0.29, 0.717) is 29.0 Å². The number of hydrogen-bond acceptors (Lipinski definition) is 7. The van der Waals surface area contributed by atoms with Crippen molar-refractivity contribution in [2.75, 3.05) is 68.1 Å². The van der Waals surface area contributed by atoms with E-state index in [0.717, 1.165) is 32.4 Å². The standard InChI is InChI=1S/C27H46N4O5S/c1-20-15-25(35-7)16-21(2)27(20)37(33,34)29(5)13-14-36-19-26(32)30(6)22-9-8-10-23(17-22)31-12-11-24(18-31)28(3)4/h15-16,22-24H,8-14,17-19H2,1-7H3/t22-,23+,24?/m1/s1. The average Bonchev–Trinajstić information content (AvgIpc) is 3.36. The van der Waals surface area contributed by atoms with E-state index in [2.05, 4.69) is 23.9 Å². The van der Waals surface area contributed by atoms with Crippen LogP contribution in [0.3, 0.4) is 0 Å². The second-order valence-electron chi connectivity index (χ2n) is 10.8. The number of amides is 1. The van der Waals surface area contributed by atoms with Crippen LogP contribution in [0.4, 0.5) is 0 Å². The molecule has 1 aromatic rings. The first-order chi connectivity index (χ1) is 17.4. The van der Waals surface area contributed by atoms with Crippen molar-refractivity contribution in [2.45, 2.75) is 69.0 Å². The summed E-state index contributed by atoms with van der Waals surface area (Å²) in [5.74, 6) is 0.579. The monoisotopic (exact) mass is 538 g/mol. The van der Waals surface area contributed by atoms with Gasteiger partial charge in [-0.1, -0.05) is 0 Å². The van der Waals surface area contributed by atoms with E-state index in [1.54, 1.807) is 33.1 Å². The number of rotatable bonds is 11. The molecule has 2 fully saturated rings. The van der Waals surface area contributed by atoms with Crippen LogP contribution >= 0.6 is 0 Å². The van der Waals surface area contributed by atoms with E-state index in [-0.39, 0.29) is 36.6 Å². The van der Waals surface area contributed by atoms with Gasteiger partial charge in [0.15, 0.2) is 0 Å². The van der Waals surface area contributed by atoms with Gasteiger partial charge in [-0.15, -0.1) is 0 Å². The summed E-state index contributed by atoms with van der Waals surface area (Å²) in [4.78, 5) is 19.9. The molecule has 0 N–H and O–H groups in total. The van der Waals surface area contributed by atoms with Gasteiger partial charge in [0, 0.05) is 51.9 Å². The maximum absolute atomic E-state index is 13.2. The highest BCUT2D eigenvalue weighted by molar-refractivity contribution is 7.89. The van der Waals surface area contributed by atoms with E-state index in [4.69, 9.17) is 9.47 Å². The second kappa shape index (κ2) is 12.9. The lowest BCUT2D eigenvalue weighted by Crippen LogP contribution is -2.47. The maximum atomic E-state index is 13.2. The average molecular weight is 539 g/mol. The molecular formula is C27H46N4O5S. The summed E-state index contributed by atoms with van der Waals surface area (Å²) < 4.78 is 38.5. The number of likely N-dealkylation sites (tertiary alicyclic amines) is 1. The predicted octanol–water partition coefficient (Wildman–Crippen LogP) is 2.35. The zero-order valence-corrected chi connectivity index (χ0v) is 24.5. The van der Waals surface area contributed by atoms with E-state index in [1.807, 2.05) is 11.9 Å². The highest BCUT2D eigenvalue weighted by Crippen LogP contribution is 2.30. The topological polar surface area (TPSA) is 82.6 Å². The van der Waals surface area contributed by atoms with Crippen LogP contribution in [0.25, 0.3) is 0 Å². The van der Waals surface area contributed by atoms with Crippen LogP contribution in [-0.4, -0.2) is 120 Å². The molecule has 1 heterocycles. The van der Waals surface area contributed by atoms with Crippen molar-refractivity contribution >= 4 is 15.9 Å². The Hall–Kier alpha value is -1.72. The lowest BCUT2D eigenvalue weighted by molar-refractivity contribution is -0.137. The molecule has 210 valence electrons. The van der Waals surface area contributed by atoms with E-state index < -0.39 is 10.0 Å². The van der Waals surface area contributed by atoms with Crippen molar-refractivity contribution in [3.8, 4) is 5.75 Å². The molecule has 1 aromatic carbocycles. The van der Waals surface area contributed by atoms with Crippen molar-refractivity contribution in [1.82, 2.24) is 19.0 Å². The number of methoxy groups -OCH3 is 1. The van der Waals surface area contributed by atoms with Crippen molar-refractivity contribution in [2.24, 2.45) is 0 Å². The minimum absolute atomic E-state index is 0.0431. The zero-order valence-electron chi connectivity index (χ0n) is 23.7. The molecule has 1 saturated heterocycles. The van der Waals surface area contributed by atoms with Crippen molar-refractivity contribution in [3.05, 3.63) is 23.3 Å². The van der Waals surface area contributed by atoms with Gasteiger partial charge in [0.2, 0.25) is 15.9 Å². The molecule has 37 heavy (non-hydrogen) atoms. The van der Waals surface area contributed by atoms with Crippen molar-refractivity contribution < 1.29 is 22.7 Å². The first-order valence-electron chi connectivity index (χ1n) is 13.3. The summed E-state index contributed by atoms with van der Waals surface area (Å²) in [5.41, 5.74) is 1.27. The summed E-state index contributed by atoms with van der Waals surface area (Å²) in [6, 6.07) is 4.81. The van der Waals surface area contributed by atoms with Gasteiger partial charge in [0.05, 0.1) is 18.6 Å². The second-order valence-corrected chi connectivity index (χ2v) is 12.8. The molecule has 1 unspecified atom stereocenters. The summed E-state index contributed by atoms with van der Waals surface area (Å²) in [7, 11) is 5.59. The summed E-state index contributed by atoms with van der Waals surface area (Å²) in [6.07, 6.45) is 5.56. The number of carbonyl (C=O) groups is 1. The van der Waals surface area contributed by atoms with Gasteiger partial charge in [-0.3, -0.25) is 9.69 Å². The molecular weight excluding hydrogens is 492 g/mol. The molecule has 2 aliphatic rings. The van der Waals surface area contributed by atoms with Gasteiger partial charge >= 0.3 is 0 Å². The first kappa shape index (κ1) is 29.8. The Morgan fingerprint density at radius 2 is 1.73 bits per heavy atom. The van der Waals surface area contributed by atoms with E-state index in [9.17, 15) is 13.2 Å². The lowest BCUT2D eigenvalue weighted by atomic mass is 9.89. The van der Waals surface area contributed by atoms with Crippen LogP contribution < -0.4 is 4.74 Å². The van der Waals surface area contributed by atoms with Gasteiger partial charge < -0.3 is 19.3 Å². The van der Waals surface area contributed by atoms with Crippen LogP contribution in [0.2, 0.25) is 0 Å². The fourth-order valence-corrected chi connectivity index (χ4v) is 7.27. The molecule has 1 aliphatic heterocycles. The molecule has 3 rings (SSSR count). The Balaban J connectivity index is 1.46. The highest BCUT2D eigenvalue weighted by atomic mass is 32.2. The Morgan fingerprint density at radius 3 is 2.32 bits per heavy atom. The summed E-state index contributed by atoms with van der Waals surface area (Å²) in [6.45, 7) is 6.04. The van der Waals surface area contributed by atoms with Crippen LogP contribution in [-0.2, 0) is 19.6 Å². The van der Waals surface area contributed by atoms with Crippen LogP contribution in [0.5, 0.6) is 5.75 Å². The van der Waals surface area contributed by atoms with Crippen LogP contribution in [0, 0.1) is 13.8 Å². The first-order valence-corrected chi connectivity index (χ1v) is 14.7.